The van der Waals surface area contributed by atoms with Gasteiger partial charge in [0.1, 0.15) is 0 Å². The molecule has 0 heterocycles. The normalized spacial score (nSPS) is 18.3. The van der Waals surface area contributed by atoms with E-state index >= 15 is 0 Å². The monoisotopic (exact) mass is 565 g/mol. The first-order valence-corrected chi connectivity index (χ1v) is 8.40. The second-order valence-electron chi connectivity index (χ2n) is 6.93. The Morgan fingerprint density at radius 3 is 1.40 bits per heavy atom. The summed E-state index contributed by atoms with van der Waals surface area (Å²) in [5.74, 6) is -26.4. The maximum absolute atomic E-state index is 14.1. The molecule has 0 saturated heterocycles. The molecule has 35 heavy (non-hydrogen) atoms. The Bertz CT molecular complexity index is 744. The van der Waals surface area contributed by atoms with Crippen LogP contribution in [0.1, 0.15) is 20.3 Å². The quantitative estimate of drug-likeness (QED) is 0.330. The van der Waals surface area contributed by atoms with E-state index in [0.717, 1.165) is 5.32 Å². The van der Waals surface area contributed by atoms with Gasteiger partial charge in [0.25, 0.3) is 5.91 Å². The van der Waals surface area contributed by atoms with Gasteiger partial charge in [0.2, 0.25) is 0 Å². The summed E-state index contributed by atoms with van der Waals surface area (Å²) < 4.78 is 224. The molecule has 0 bridgehead atoms. The second kappa shape index (κ2) is 9.58. The van der Waals surface area contributed by atoms with Gasteiger partial charge in [-0.05, 0) is 12.3 Å². The Kier molecular flexibility index (Phi) is 9.09. The molecule has 0 aliphatic carbocycles. The number of carbonyl (C=O) groups is 1. The van der Waals surface area contributed by atoms with E-state index in [9.17, 15) is 79.4 Å². The van der Waals surface area contributed by atoms with Gasteiger partial charge in [-0.25, -0.2) is 0 Å². The van der Waals surface area contributed by atoms with Crippen LogP contribution in [0.4, 0.5) is 74.6 Å². The van der Waals surface area contributed by atoms with Gasteiger partial charge in [-0.1, -0.05) is 13.8 Å². The highest BCUT2D eigenvalue weighted by Crippen LogP contribution is 2.56. The first-order valence-electron chi connectivity index (χ1n) is 8.40. The summed E-state index contributed by atoms with van der Waals surface area (Å²) >= 11 is 0. The number of carbonyl (C=O) groups excluding carboxylic acids is 1. The van der Waals surface area contributed by atoms with Gasteiger partial charge in [-0.2, -0.15) is 74.6 Å². The highest BCUT2D eigenvalue weighted by Gasteiger charge is 2.85. The summed E-state index contributed by atoms with van der Waals surface area (Å²) in [5, 5.41) is 0.913. The van der Waals surface area contributed by atoms with Crippen LogP contribution >= 0.6 is 0 Å². The maximum Gasteiger partial charge on any atom is 0.462 e. The minimum atomic E-state index is -8.01. The van der Waals surface area contributed by atoms with Gasteiger partial charge in [-0.15, -0.1) is 0 Å². The van der Waals surface area contributed by atoms with E-state index in [1.54, 1.807) is 0 Å². The summed E-state index contributed by atoms with van der Waals surface area (Å²) in [4.78, 5) is 11.4. The Morgan fingerprint density at radius 2 is 1.09 bits per heavy atom. The van der Waals surface area contributed by atoms with Crippen LogP contribution in [-0.4, -0.2) is 60.8 Å². The van der Waals surface area contributed by atoms with E-state index in [0.29, 0.717) is 0 Å². The lowest BCUT2D eigenvalue weighted by atomic mass is 10.1. The molecule has 21 heteroatoms. The van der Waals surface area contributed by atoms with Crippen molar-refractivity contribution in [2.24, 2.45) is 5.92 Å². The molecule has 0 aromatic rings. The molecule has 0 saturated carbocycles. The van der Waals surface area contributed by atoms with Gasteiger partial charge in [0, 0.05) is 6.54 Å². The molecular formula is C14H12F17NO3. The van der Waals surface area contributed by atoms with Crippen LogP contribution in [0.15, 0.2) is 0 Å². The number of ether oxygens (including phenoxy) is 2. The van der Waals surface area contributed by atoms with Crippen molar-refractivity contribution < 1.29 is 88.9 Å². The van der Waals surface area contributed by atoms with Crippen molar-refractivity contribution in [3.63, 3.8) is 0 Å². The van der Waals surface area contributed by atoms with Gasteiger partial charge >= 0.3 is 48.4 Å². The molecular weight excluding hydrogens is 553 g/mol. The van der Waals surface area contributed by atoms with Crippen molar-refractivity contribution in [1.29, 1.82) is 0 Å². The Hall–Kier alpha value is -1.80. The van der Waals surface area contributed by atoms with E-state index in [2.05, 4.69) is 0 Å². The van der Waals surface area contributed by atoms with E-state index in [4.69, 9.17) is 0 Å². The van der Waals surface area contributed by atoms with Gasteiger partial charge in [0.15, 0.2) is 0 Å². The van der Waals surface area contributed by atoms with E-state index < -0.39 is 66.7 Å². The molecule has 210 valence electrons. The predicted octanol–water partition coefficient (Wildman–Crippen LogP) is 6.02. The van der Waals surface area contributed by atoms with Crippen molar-refractivity contribution in [2.75, 3.05) is 6.54 Å². The third kappa shape index (κ3) is 6.50. The Labute approximate surface area is 182 Å². The molecule has 0 aliphatic heterocycles. The maximum atomic E-state index is 14.1. The Morgan fingerprint density at radius 1 is 0.657 bits per heavy atom. The highest BCUT2D eigenvalue weighted by atomic mass is 19.4. The molecule has 0 radical (unpaired) electrons. The topological polar surface area (TPSA) is 47.6 Å². The van der Waals surface area contributed by atoms with Crippen molar-refractivity contribution in [2.45, 2.75) is 68.6 Å². The zero-order valence-electron chi connectivity index (χ0n) is 16.6. The fourth-order valence-electron chi connectivity index (χ4n) is 1.75. The van der Waals surface area contributed by atoms with Crippen LogP contribution in [0.25, 0.3) is 0 Å². The molecule has 4 nitrogen and oxygen atoms in total. The van der Waals surface area contributed by atoms with Crippen LogP contribution in [0.2, 0.25) is 0 Å². The third-order valence-corrected chi connectivity index (χ3v) is 3.66. The number of hydrogen-bond acceptors (Lipinski definition) is 3. The smallest absolute Gasteiger partial charge is 0.351 e. The first-order chi connectivity index (χ1) is 15.0. The van der Waals surface area contributed by atoms with E-state index in [-0.39, 0.29) is 6.42 Å². The minimum absolute atomic E-state index is 0.326. The van der Waals surface area contributed by atoms with Gasteiger partial charge < -0.3 is 5.32 Å². The van der Waals surface area contributed by atoms with Gasteiger partial charge in [0.05, 0.1) is 0 Å². The molecule has 2 unspecified atom stereocenters. The summed E-state index contributed by atoms with van der Waals surface area (Å²) in [7, 11) is 0. The number of rotatable bonds is 10. The number of alkyl halides is 17. The molecule has 0 aromatic heterocycles. The van der Waals surface area contributed by atoms with Crippen LogP contribution in [0.3, 0.4) is 0 Å². The fraction of sp³-hybridized carbons (Fsp3) is 0.929. The molecule has 0 rings (SSSR count). The van der Waals surface area contributed by atoms with Crippen molar-refractivity contribution in [3.8, 4) is 0 Å². The number of nitrogens with one attached hydrogen (secondary N) is 1. The van der Waals surface area contributed by atoms with E-state index in [1.165, 1.54) is 18.6 Å². The standard InChI is InChI=1S/C14H12F17NO3/c1-5(2)3-4-32-6(33)7(15,10(19,20)21)34-14(30,31)9(18,12(25,26)27)35-13(28,29)8(16,17)11(22,23)24/h5H,3-4H2,1-2H3,(H,32,33). The van der Waals surface area contributed by atoms with Gasteiger partial charge in [-0.3, -0.25) is 14.3 Å². The molecule has 0 aromatic carbocycles. The summed E-state index contributed by atoms with van der Waals surface area (Å²) in [6.07, 6.45) is -38.7. The summed E-state index contributed by atoms with van der Waals surface area (Å²) in [6, 6.07) is 0. The lowest BCUT2D eigenvalue weighted by Gasteiger charge is -2.40. The zero-order chi connectivity index (χ0) is 28.7. The van der Waals surface area contributed by atoms with Crippen LogP contribution in [-0.2, 0) is 14.3 Å². The number of halogens is 17. The first kappa shape index (κ1) is 33.2. The highest BCUT2D eigenvalue weighted by molar-refractivity contribution is 5.84. The summed E-state index contributed by atoms with van der Waals surface area (Å²) in [5.41, 5.74) is 0. The predicted molar refractivity (Wildman–Crippen MR) is 75.3 cm³/mol. The van der Waals surface area contributed by atoms with Crippen LogP contribution < -0.4 is 5.32 Å². The minimum Gasteiger partial charge on any atom is -0.351 e. The van der Waals surface area contributed by atoms with E-state index in [1.807, 2.05) is 4.74 Å². The number of amides is 1. The summed E-state index contributed by atoms with van der Waals surface area (Å²) in [6.45, 7) is 1.69. The molecule has 1 amide bonds. The second-order valence-corrected chi connectivity index (χ2v) is 6.93. The lowest BCUT2D eigenvalue weighted by Crippen LogP contribution is -2.68. The molecule has 0 spiro atoms. The molecule has 1 N–H and O–H groups in total. The van der Waals surface area contributed by atoms with Crippen molar-refractivity contribution in [3.05, 3.63) is 0 Å². The van der Waals surface area contributed by atoms with Crippen molar-refractivity contribution in [1.82, 2.24) is 5.32 Å². The van der Waals surface area contributed by atoms with Crippen molar-refractivity contribution >= 4 is 5.91 Å². The molecule has 0 aliphatic rings. The lowest BCUT2D eigenvalue weighted by molar-refractivity contribution is -0.548. The van der Waals surface area contributed by atoms with Crippen LogP contribution in [0.5, 0.6) is 0 Å². The largest absolute Gasteiger partial charge is 0.462 e. The fourth-order valence-corrected chi connectivity index (χ4v) is 1.75. The number of hydrogen-bond donors (Lipinski definition) is 1. The third-order valence-electron chi connectivity index (χ3n) is 3.66. The molecule has 2 atom stereocenters. The zero-order valence-corrected chi connectivity index (χ0v) is 16.6. The Balaban J connectivity index is 6.59. The average Bonchev–Trinajstić information content (AvgIpc) is 2.57. The van der Waals surface area contributed by atoms with Crippen LogP contribution in [0, 0.1) is 5.92 Å². The molecule has 0 fully saturated rings. The SMILES string of the molecule is CC(C)CCNC(=O)C(F)(OC(F)(F)C(F)(OC(F)(F)C(F)(F)C(F)(F)F)C(F)(F)F)C(F)(F)F. The average molecular weight is 565 g/mol.